The van der Waals surface area contributed by atoms with Crippen molar-refractivity contribution < 1.29 is 19.1 Å². The van der Waals surface area contributed by atoms with Crippen LogP contribution in [0.25, 0.3) is 6.08 Å². The van der Waals surface area contributed by atoms with Crippen molar-refractivity contribution in [2.24, 2.45) is 0 Å². The van der Waals surface area contributed by atoms with Crippen LogP contribution < -0.4 is 14.8 Å². The Hall–Kier alpha value is -3.54. The molecular weight excluding hydrogens is 392 g/mol. The van der Waals surface area contributed by atoms with E-state index < -0.39 is 0 Å². The van der Waals surface area contributed by atoms with Crippen LogP contribution in [0, 0.1) is 0 Å². The zero-order valence-electron chi connectivity index (χ0n) is 17.8. The zero-order valence-corrected chi connectivity index (χ0v) is 17.8. The molecule has 2 aromatic carbocycles. The Morgan fingerprint density at radius 2 is 1.87 bits per heavy atom. The van der Waals surface area contributed by atoms with Gasteiger partial charge >= 0.3 is 0 Å². The lowest BCUT2D eigenvalue weighted by Crippen LogP contribution is -2.36. The molecule has 1 fully saturated rings. The highest BCUT2D eigenvalue weighted by atomic mass is 16.5. The normalized spacial score (nSPS) is 13.6. The number of rotatable bonds is 8. The molecule has 1 N–H and O–H groups in total. The smallest absolute Gasteiger partial charge is 0.255 e. The fraction of sp³-hybridized carbons (Fsp3) is 0.280. The molecule has 2 amide bonds. The number of hydrogen-bond donors (Lipinski definition) is 1. The Balaban J connectivity index is 1.69. The first-order valence-electron chi connectivity index (χ1n) is 10.4. The van der Waals surface area contributed by atoms with Gasteiger partial charge in [0.15, 0.2) is 11.5 Å². The van der Waals surface area contributed by atoms with E-state index in [1.807, 2.05) is 17.0 Å². The van der Waals surface area contributed by atoms with Crippen LogP contribution in [0.3, 0.4) is 0 Å². The average molecular weight is 421 g/mol. The summed E-state index contributed by atoms with van der Waals surface area (Å²) in [6.45, 7) is 5.53. The van der Waals surface area contributed by atoms with Crippen LogP contribution in [0.4, 0.5) is 5.69 Å². The van der Waals surface area contributed by atoms with Crippen molar-refractivity contribution >= 4 is 23.6 Å². The summed E-state index contributed by atoms with van der Waals surface area (Å²) in [5, 5.41) is 2.83. The monoisotopic (exact) mass is 420 g/mol. The number of para-hydroxylation sites is 1. The van der Waals surface area contributed by atoms with E-state index in [2.05, 4.69) is 11.9 Å². The molecule has 0 bridgehead atoms. The molecule has 0 unspecified atom stereocenters. The van der Waals surface area contributed by atoms with Crippen molar-refractivity contribution in [1.29, 1.82) is 0 Å². The molecule has 0 aliphatic carbocycles. The van der Waals surface area contributed by atoms with Crippen molar-refractivity contribution in [1.82, 2.24) is 4.90 Å². The number of anilines is 1. The zero-order chi connectivity index (χ0) is 22.1. The standard InChI is InChI=1S/C25H28N2O4/c1-3-17-31-22-13-11-19(18-23(22)30-2)12-14-24(28)26-21-10-6-5-9-20(21)25(29)27-15-7-4-8-16-27/h3,5-6,9-14,18H,1,4,7-8,15-17H2,2H3,(H,26,28)/b14-12+. The van der Waals surface area contributed by atoms with Gasteiger partial charge < -0.3 is 19.7 Å². The van der Waals surface area contributed by atoms with E-state index in [9.17, 15) is 9.59 Å². The number of ether oxygens (including phenoxy) is 2. The molecule has 1 aliphatic rings. The average Bonchev–Trinajstić information content (AvgIpc) is 2.82. The van der Waals surface area contributed by atoms with Gasteiger partial charge in [-0.3, -0.25) is 9.59 Å². The first-order valence-corrected chi connectivity index (χ1v) is 10.4. The summed E-state index contributed by atoms with van der Waals surface area (Å²) in [7, 11) is 1.56. The number of carbonyl (C=O) groups is 2. The summed E-state index contributed by atoms with van der Waals surface area (Å²) in [5.74, 6) is 0.820. The Morgan fingerprint density at radius 1 is 1.10 bits per heavy atom. The lowest BCUT2D eigenvalue weighted by Gasteiger charge is -2.27. The number of nitrogens with one attached hydrogen (secondary N) is 1. The Bertz CT molecular complexity index is 962. The number of piperidine rings is 1. The molecule has 31 heavy (non-hydrogen) atoms. The summed E-state index contributed by atoms with van der Waals surface area (Å²) >= 11 is 0. The van der Waals surface area contributed by atoms with Crippen molar-refractivity contribution in [2.75, 3.05) is 32.1 Å². The van der Waals surface area contributed by atoms with Crippen molar-refractivity contribution in [3.63, 3.8) is 0 Å². The number of amides is 2. The molecule has 3 rings (SSSR count). The topological polar surface area (TPSA) is 67.9 Å². The summed E-state index contributed by atoms with van der Waals surface area (Å²) in [5.41, 5.74) is 1.81. The molecule has 0 spiro atoms. The van der Waals surface area contributed by atoms with Crippen LogP contribution in [0.15, 0.2) is 61.2 Å². The fourth-order valence-electron chi connectivity index (χ4n) is 3.45. The third kappa shape index (κ3) is 5.98. The summed E-state index contributed by atoms with van der Waals surface area (Å²) in [4.78, 5) is 27.2. The van der Waals surface area contributed by atoms with Gasteiger partial charge in [0.25, 0.3) is 5.91 Å². The minimum Gasteiger partial charge on any atom is -0.493 e. The third-order valence-electron chi connectivity index (χ3n) is 5.03. The van der Waals surface area contributed by atoms with E-state index in [4.69, 9.17) is 9.47 Å². The Kier molecular flexibility index (Phi) is 7.87. The third-order valence-corrected chi connectivity index (χ3v) is 5.03. The van der Waals surface area contributed by atoms with Gasteiger partial charge in [0, 0.05) is 19.2 Å². The first-order chi connectivity index (χ1) is 15.1. The maximum atomic E-state index is 12.9. The predicted octanol–water partition coefficient (Wildman–Crippen LogP) is 4.54. The molecule has 0 atom stereocenters. The largest absolute Gasteiger partial charge is 0.493 e. The molecule has 6 nitrogen and oxygen atoms in total. The van der Waals surface area contributed by atoms with Gasteiger partial charge in [0.1, 0.15) is 6.61 Å². The second-order valence-corrected chi connectivity index (χ2v) is 7.23. The van der Waals surface area contributed by atoms with Crippen LogP contribution in [0.5, 0.6) is 11.5 Å². The molecular formula is C25H28N2O4. The van der Waals surface area contributed by atoms with E-state index in [1.165, 1.54) is 6.08 Å². The van der Waals surface area contributed by atoms with E-state index >= 15 is 0 Å². The molecule has 0 radical (unpaired) electrons. The predicted molar refractivity (Wildman–Crippen MR) is 123 cm³/mol. The van der Waals surface area contributed by atoms with Gasteiger partial charge in [-0.25, -0.2) is 0 Å². The highest BCUT2D eigenvalue weighted by Crippen LogP contribution is 2.28. The molecule has 2 aromatic rings. The Morgan fingerprint density at radius 3 is 2.61 bits per heavy atom. The van der Waals surface area contributed by atoms with Crippen LogP contribution in [-0.4, -0.2) is 43.5 Å². The molecule has 0 saturated carbocycles. The van der Waals surface area contributed by atoms with Crippen LogP contribution >= 0.6 is 0 Å². The van der Waals surface area contributed by atoms with E-state index in [1.54, 1.807) is 49.6 Å². The van der Waals surface area contributed by atoms with E-state index in [0.717, 1.165) is 37.9 Å². The van der Waals surface area contributed by atoms with Crippen molar-refractivity contribution in [2.45, 2.75) is 19.3 Å². The van der Waals surface area contributed by atoms with Gasteiger partial charge in [0.05, 0.1) is 18.4 Å². The van der Waals surface area contributed by atoms with Crippen LogP contribution in [-0.2, 0) is 4.79 Å². The SMILES string of the molecule is C=CCOc1ccc(/C=C/C(=O)Nc2ccccc2C(=O)N2CCCCC2)cc1OC. The first kappa shape index (κ1) is 22.2. The maximum absolute atomic E-state index is 12.9. The second-order valence-electron chi connectivity index (χ2n) is 7.23. The van der Waals surface area contributed by atoms with Crippen LogP contribution in [0.2, 0.25) is 0 Å². The highest BCUT2D eigenvalue weighted by Gasteiger charge is 2.20. The fourth-order valence-corrected chi connectivity index (χ4v) is 3.45. The number of methoxy groups -OCH3 is 1. The molecule has 1 aliphatic heterocycles. The maximum Gasteiger partial charge on any atom is 0.255 e. The van der Waals surface area contributed by atoms with Gasteiger partial charge in [-0.15, -0.1) is 0 Å². The van der Waals surface area contributed by atoms with E-state index in [0.29, 0.717) is 29.4 Å². The Labute approximate surface area is 183 Å². The summed E-state index contributed by atoms with van der Waals surface area (Å²) in [6, 6.07) is 12.5. The molecule has 162 valence electrons. The number of benzene rings is 2. The van der Waals surface area contributed by atoms with E-state index in [-0.39, 0.29) is 11.8 Å². The quantitative estimate of drug-likeness (QED) is 0.503. The number of hydrogen-bond acceptors (Lipinski definition) is 4. The van der Waals surface area contributed by atoms with Gasteiger partial charge in [-0.1, -0.05) is 30.9 Å². The molecule has 1 saturated heterocycles. The number of nitrogens with zero attached hydrogens (tertiary/aromatic N) is 1. The minimum atomic E-state index is -0.315. The number of likely N-dealkylation sites (tertiary alicyclic amines) is 1. The second kappa shape index (κ2) is 11.0. The summed E-state index contributed by atoms with van der Waals surface area (Å²) < 4.78 is 10.9. The highest BCUT2D eigenvalue weighted by molar-refractivity contribution is 6.07. The molecule has 1 heterocycles. The molecule has 0 aromatic heterocycles. The molecule has 6 heteroatoms. The lowest BCUT2D eigenvalue weighted by molar-refractivity contribution is -0.111. The minimum absolute atomic E-state index is 0.0422. The van der Waals surface area contributed by atoms with Gasteiger partial charge in [-0.05, 0) is 55.2 Å². The van der Waals surface area contributed by atoms with Crippen molar-refractivity contribution in [3.8, 4) is 11.5 Å². The van der Waals surface area contributed by atoms with Gasteiger partial charge in [-0.2, -0.15) is 0 Å². The summed E-state index contributed by atoms with van der Waals surface area (Å²) in [6.07, 6.45) is 7.96. The van der Waals surface area contributed by atoms with Crippen LogP contribution in [0.1, 0.15) is 35.2 Å². The van der Waals surface area contributed by atoms with Crippen molar-refractivity contribution in [3.05, 3.63) is 72.3 Å². The number of carbonyl (C=O) groups excluding carboxylic acids is 2. The van der Waals surface area contributed by atoms with Gasteiger partial charge in [0.2, 0.25) is 5.91 Å². The lowest BCUT2D eigenvalue weighted by atomic mass is 10.1.